The summed E-state index contributed by atoms with van der Waals surface area (Å²) >= 11 is 0. The second kappa shape index (κ2) is 10.5. The average Bonchev–Trinajstić information content (AvgIpc) is 3.09. The van der Waals surface area contributed by atoms with Crippen LogP contribution in [0.25, 0.3) is 0 Å². The highest BCUT2D eigenvalue weighted by molar-refractivity contribution is 5.89. The molecule has 0 spiro atoms. The van der Waals surface area contributed by atoms with Gasteiger partial charge in [0.1, 0.15) is 11.3 Å². The highest BCUT2D eigenvalue weighted by Gasteiger charge is 2.47. The molecule has 0 N–H and O–H groups in total. The monoisotopic (exact) mass is 435 g/mol. The van der Waals surface area contributed by atoms with Gasteiger partial charge in [0.15, 0.2) is 5.78 Å². The van der Waals surface area contributed by atoms with Gasteiger partial charge in [0, 0.05) is 50.9 Å². The van der Waals surface area contributed by atoms with Crippen LogP contribution in [0.3, 0.4) is 0 Å². The number of anilines is 1. The quantitative estimate of drug-likeness (QED) is 0.620. The second-order valence-electron chi connectivity index (χ2n) is 8.98. The number of ether oxygens (including phenoxy) is 1. The molecule has 0 amide bonds. The van der Waals surface area contributed by atoms with Gasteiger partial charge >= 0.3 is 0 Å². The van der Waals surface area contributed by atoms with Gasteiger partial charge in [-0.3, -0.25) is 4.79 Å². The summed E-state index contributed by atoms with van der Waals surface area (Å²) in [6, 6.07) is 18.9. The van der Waals surface area contributed by atoms with Crippen LogP contribution >= 0.6 is 0 Å². The van der Waals surface area contributed by atoms with Crippen molar-refractivity contribution < 1.29 is 9.53 Å². The predicted molar refractivity (Wildman–Crippen MR) is 130 cm³/mol. The molecule has 4 rings (SSSR count). The number of hydrazine groups is 1. The first-order valence-electron chi connectivity index (χ1n) is 12.2. The van der Waals surface area contributed by atoms with Crippen molar-refractivity contribution in [1.29, 1.82) is 0 Å². The molecule has 2 aromatic rings. The van der Waals surface area contributed by atoms with E-state index >= 15 is 0 Å². The van der Waals surface area contributed by atoms with Crippen LogP contribution < -0.4 is 9.64 Å². The molecule has 2 aromatic carbocycles. The van der Waals surface area contributed by atoms with Crippen LogP contribution in [-0.2, 0) is 10.3 Å². The number of rotatable bonds is 7. The first-order valence-corrected chi connectivity index (χ1v) is 12.2. The fourth-order valence-electron chi connectivity index (χ4n) is 5.41. The largest absolute Gasteiger partial charge is 0.497 e. The Morgan fingerprint density at radius 2 is 1.72 bits per heavy atom. The molecule has 2 heterocycles. The molecule has 2 aliphatic heterocycles. The van der Waals surface area contributed by atoms with Gasteiger partial charge in [-0.15, -0.1) is 0 Å². The van der Waals surface area contributed by atoms with Gasteiger partial charge in [0.25, 0.3) is 0 Å². The maximum atomic E-state index is 13.8. The molecule has 5 heteroatoms. The Labute approximate surface area is 192 Å². The minimum absolute atomic E-state index is 0.378. The molecular formula is C27H37N3O2. The minimum atomic E-state index is -0.536. The third-order valence-corrected chi connectivity index (χ3v) is 7.05. The molecule has 0 bridgehead atoms. The zero-order valence-electron chi connectivity index (χ0n) is 19.6. The van der Waals surface area contributed by atoms with Crippen molar-refractivity contribution in [1.82, 2.24) is 10.0 Å². The number of carbonyl (C=O) groups excluding carboxylic acids is 1. The molecule has 2 fully saturated rings. The summed E-state index contributed by atoms with van der Waals surface area (Å²) in [7, 11) is 1.72. The second-order valence-corrected chi connectivity index (χ2v) is 8.98. The zero-order valence-corrected chi connectivity index (χ0v) is 19.6. The smallest absolute Gasteiger partial charge is 0.158 e. The number of hydrogen-bond acceptors (Lipinski definition) is 5. The molecule has 2 saturated heterocycles. The van der Waals surface area contributed by atoms with Crippen LogP contribution in [0.5, 0.6) is 5.75 Å². The van der Waals surface area contributed by atoms with E-state index in [1.54, 1.807) is 7.11 Å². The fraction of sp³-hybridized carbons (Fsp3) is 0.519. The first kappa shape index (κ1) is 22.8. The molecule has 0 saturated carbocycles. The Bertz CT molecular complexity index is 879. The molecule has 32 heavy (non-hydrogen) atoms. The number of hydrogen-bond donors (Lipinski definition) is 0. The van der Waals surface area contributed by atoms with Crippen molar-refractivity contribution in [3.8, 4) is 5.75 Å². The lowest BCUT2D eigenvalue weighted by Gasteiger charge is -2.50. The third kappa shape index (κ3) is 4.55. The van der Waals surface area contributed by atoms with Crippen LogP contribution in [0, 0.1) is 0 Å². The molecule has 0 aromatic heterocycles. The summed E-state index contributed by atoms with van der Waals surface area (Å²) in [5.41, 5.74) is 1.83. The van der Waals surface area contributed by atoms with Crippen molar-refractivity contribution in [3.63, 3.8) is 0 Å². The maximum absolute atomic E-state index is 13.8. The van der Waals surface area contributed by atoms with Crippen molar-refractivity contribution >= 4 is 11.5 Å². The summed E-state index contributed by atoms with van der Waals surface area (Å²) in [4.78, 5) is 16.2. The van der Waals surface area contributed by atoms with E-state index in [9.17, 15) is 4.79 Å². The number of methoxy groups -OCH3 is 1. The Kier molecular flexibility index (Phi) is 7.48. The summed E-state index contributed by atoms with van der Waals surface area (Å²) < 4.78 is 5.42. The van der Waals surface area contributed by atoms with Crippen molar-refractivity contribution in [2.75, 3.05) is 44.7 Å². The van der Waals surface area contributed by atoms with Crippen LogP contribution in [0.4, 0.5) is 5.69 Å². The molecule has 0 aliphatic carbocycles. The van der Waals surface area contributed by atoms with Gasteiger partial charge in [-0.1, -0.05) is 56.2 Å². The van der Waals surface area contributed by atoms with Gasteiger partial charge in [-0.05, 0) is 37.0 Å². The average molecular weight is 436 g/mol. The molecule has 0 radical (unpaired) electrons. The Morgan fingerprint density at radius 1 is 0.938 bits per heavy atom. The van der Waals surface area contributed by atoms with E-state index in [4.69, 9.17) is 4.74 Å². The topological polar surface area (TPSA) is 36.0 Å². The van der Waals surface area contributed by atoms with Crippen LogP contribution in [0.2, 0.25) is 0 Å². The highest BCUT2D eigenvalue weighted by atomic mass is 16.5. The normalized spacial score (nSPS) is 23.0. The maximum Gasteiger partial charge on any atom is 0.158 e. The van der Waals surface area contributed by atoms with Gasteiger partial charge in [0.2, 0.25) is 0 Å². The fourth-order valence-corrected chi connectivity index (χ4v) is 5.41. The predicted octanol–water partition coefficient (Wildman–Crippen LogP) is 4.87. The molecule has 2 aliphatic rings. The van der Waals surface area contributed by atoms with E-state index in [0.717, 1.165) is 69.7 Å². The number of nitrogens with zero attached hydrogens (tertiary/aromatic N) is 3. The number of piperazine rings is 1. The van der Waals surface area contributed by atoms with Gasteiger partial charge < -0.3 is 9.64 Å². The van der Waals surface area contributed by atoms with Crippen molar-refractivity contribution in [3.05, 3.63) is 60.2 Å². The van der Waals surface area contributed by atoms with Gasteiger partial charge in [-0.25, -0.2) is 10.0 Å². The van der Waals surface area contributed by atoms with E-state index < -0.39 is 5.54 Å². The SMILES string of the molecule is CCCC(=O)[C@]1(c2ccccc2)CCCCCN1N1CCN(c2cccc(OC)c2)CC1. The Hall–Kier alpha value is -2.37. The number of benzene rings is 2. The number of carbonyl (C=O) groups is 1. The molecule has 172 valence electrons. The molecule has 0 unspecified atom stereocenters. The standard InChI is InChI=1S/C27H37N3O2/c1-3-11-26(31)27(23-12-6-4-7-13-23)16-8-5-9-17-30(27)29-20-18-28(19-21-29)24-14-10-15-25(22-24)32-2/h4,6-7,10,12-15,22H,3,5,8-9,11,16-21H2,1-2H3/t27-/m1/s1. The Morgan fingerprint density at radius 3 is 2.44 bits per heavy atom. The van der Waals surface area contributed by atoms with E-state index in [1.807, 2.05) is 6.07 Å². The molecular weight excluding hydrogens is 398 g/mol. The van der Waals surface area contributed by atoms with Gasteiger partial charge in [-0.2, -0.15) is 0 Å². The number of ketones is 1. The summed E-state index contributed by atoms with van der Waals surface area (Å²) in [5, 5.41) is 4.94. The van der Waals surface area contributed by atoms with Crippen molar-refractivity contribution in [2.24, 2.45) is 0 Å². The summed E-state index contributed by atoms with van der Waals surface area (Å²) in [5.74, 6) is 1.27. The summed E-state index contributed by atoms with van der Waals surface area (Å²) in [6.45, 7) is 6.79. The highest BCUT2D eigenvalue weighted by Crippen LogP contribution is 2.40. The van der Waals surface area contributed by atoms with Crippen LogP contribution in [-0.4, -0.2) is 55.6 Å². The van der Waals surface area contributed by atoms with E-state index in [0.29, 0.717) is 12.2 Å². The summed E-state index contributed by atoms with van der Waals surface area (Å²) in [6.07, 6.45) is 5.87. The Balaban J connectivity index is 1.60. The van der Waals surface area contributed by atoms with E-state index in [1.165, 1.54) is 12.1 Å². The first-order chi connectivity index (χ1) is 15.7. The zero-order chi connectivity index (χ0) is 22.4. The lowest BCUT2D eigenvalue weighted by Crippen LogP contribution is -2.63. The molecule has 1 atom stereocenters. The van der Waals surface area contributed by atoms with E-state index in [-0.39, 0.29) is 0 Å². The van der Waals surface area contributed by atoms with Crippen LogP contribution in [0.1, 0.15) is 51.0 Å². The third-order valence-electron chi connectivity index (χ3n) is 7.05. The number of Topliss-reactive ketones (excluding diaryl/α,β-unsaturated/α-hetero) is 1. The van der Waals surface area contributed by atoms with Crippen molar-refractivity contribution in [2.45, 2.75) is 51.0 Å². The lowest BCUT2D eigenvalue weighted by molar-refractivity contribution is -0.156. The van der Waals surface area contributed by atoms with Crippen LogP contribution in [0.15, 0.2) is 54.6 Å². The minimum Gasteiger partial charge on any atom is -0.497 e. The van der Waals surface area contributed by atoms with Gasteiger partial charge in [0.05, 0.1) is 7.11 Å². The molecule has 5 nitrogen and oxygen atoms in total. The lowest BCUT2D eigenvalue weighted by atomic mass is 9.79. The van der Waals surface area contributed by atoms with E-state index in [2.05, 4.69) is 70.4 Å².